The fraction of sp³-hybridized carbons (Fsp3) is 0.0769. The van der Waals surface area contributed by atoms with Crippen LogP contribution in [0.5, 0.6) is 0 Å². The minimum atomic E-state index is -1.03. The van der Waals surface area contributed by atoms with Crippen molar-refractivity contribution >= 4 is 27.5 Å². The molecule has 2 aromatic heterocycles. The van der Waals surface area contributed by atoms with Gasteiger partial charge in [-0.3, -0.25) is 0 Å². The van der Waals surface area contributed by atoms with Gasteiger partial charge in [-0.2, -0.15) is 5.10 Å². The Morgan fingerprint density at radius 3 is 2.90 bits per heavy atom. The molecule has 0 saturated carbocycles. The number of rotatable bonds is 3. The Morgan fingerprint density at radius 1 is 1.40 bits per heavy atom. The van der Waals surface area contributed by atoms with Crippen molar-refractivity contribution in [3.05, 3.63) is 58.2 Å². The van der Waals surface area contributed by atoms with Gasteiger partial charge in [0.15, 0.2) is 5.65 Å². The lowest BCUT2D eigenvalue weighted by atomic mass is 10.2. The first kappa shape index (κ1) is 12.9. The molecule has 1 aromatic carbocycles. The second kappa shape index (κ2) is 4.75. The summed E-state index contributed by atoms with van der Waals surface area (Å²) in [6, 6.07) is 4.70. The highest BCUT2D eigenvalue weighted by Gasteiger charge is 2.15. The molecule has 3 rings (SSSR count). The number of halogens is 2. The first-order valence-electron chi connectivity index (χ1n) is 5.76. The van der Waals surface area contributed by atoms with Gasteiger partial charge in [0.2, 0.25) is 0 Å². The van der Waals surface area contributed by atoms with E-state index in [0.717, 1.165) is 5.56 Å². The van der Waals surface area contributed by atoms with Crippen LogP contribution in [0, 0.1) is 5.82 Å². The third-order valence-corrected chi connectivity index (χ3v) is 3.60. The molecule has 0 amide bonds. The second-order valence-electron chi connectivity index (χ2n) is 4.31. The maximum atomic E-state index is 13.2. The summed E-state index contributed by atoms with van der Waals surface area (Å²) in [6.07, 6.45) is 4.74. The maximum absolute atomic E-state index is 13.2. The van der Waals surface area contributed by atoms with Gasteiger partial charge in [0.1, 0.15) is 11.4 Å². The quantitative estimate of drug-likeness (QED) is 0.799. The Kier molecular flexibility index (Phi) is 3.06. The molecule has 0 fully saturated rings. The summed E-state index contributed by atoms with van der Waals surface area (Å²) in [5.74, 6) is -1.36. The Bertz CT molecular complexity index is 809. The van der Waals surface area contributed by atoms with Crippen LogP contribution in [0.1, 0.15) is 15.9 Å². The highest BCUT2D eigenvalue weighted by molar-refractivity contribution is 9.10. The molecule has 0 unspecified atom stereocenters. The number of benzene rings is 1. The lowest BCUT2D eigenvalue weighted by molar-refractivity contribution is 0.0698. The molecule has 0 aliphatic carbocycles. The summed E-state index contributed by atoms with van der Waals surface area (Å²) >= 11 is 3.13. The molecule has 0 saturated heterocycles. The van der Waals surface area contributed by atoms with Crippen molar-refractivity contribution in [2.75, 3.05) is 0 Å². The second-order valence-corrected chi connectivity index (χ2v) is 5.16. The molecule has 102 valence electrons. The van der Waals surface area contributed by atoms with Gasteiger partial charge in [0.05, 0.1) is 10.7 Å². The zero-order valence-corrected chi connectivity index (χ0v) is 11.7. The normalized spacial score (nSPS) is 11.1. The molecule has 0 radical (unpaired) electrons. The molecule has 0 spiro atoms. The van der Waals surface area contributed by atoms with Gasteiger partial charge in [0.25, 0.3) is 0 Å². The number of hydrogen-bond donors (Lipinski definition) is 1. The molecular formula is C13H9BrFN3O2. The fourth-order valence-corrected chi connectivity index (χ4v) is 2.50. The van der Waals surface area contributed by atoms with Crippen LogP contribution in [-0.2, 0) is 6.54 Å². The lowest BCUT2D eigenvalue weighted by Gasteiger charge is -2.06. The number of carbonyl (C=O) groups is 1. The van der Waals surface area contributed by atoms with Gasteiger partial charge in [-0.05, 0) is 33.6 Å². The van der Waals surface area contributed by atoms with Crippen molar-refractivity contribution in [1.29, 1.82) is 0 Å². The van der Waals surface area contributed by atoms with Crippen LogP contribution in [0.15, 0.2) is 41.3 Å². The van der Waals surface area contributed by atoms with Crippen molar-refractivity contribution in [2.45, 2.75) is 6.54 Å². The predicted octanol–water partition coefficient (Wildman–Crippen LogP) is 2.78. The Morgan fingerprint density at radius 2 is 2.20 bits per heavy atom. The topological polar surface area (TPSA) is 59.5 Å². The van der Waals surface area contributed by atoms with Crippen LogP contribution >= 0.6 is 15.9 Å². The smallest absolute Gasteiger partial charge is 0.341 e. The highest BCUT2D eigenvalue weighted by Crippen LogP contribution is 2.19. The zero-order chi connectivity index (χ0) is 14.3. The van der Waals surface area contributed by atoms with Gasteiger partial charge in [-0.25, -0.2) is 13.7 Å². The van der Waals surface area contributed by atoms with E-state index in [1.807, 2.05) is 0 Å². The third-order valence-electron chi connectivity index (χ3n) is 3.00. The van der Waals surface area contributed by atoms with E-state index < -0.39 is 5.97 Å². The van der Waals surface area contributed by atoms with Crippen molar-refractivity contribution in [1.82, 2.24) is 14.2 Å². The molecule has 0 aliphatic rings. The number of carboxylic acids is 1. The number of carboxylic acid groups (broad SMARTS) is 1. The van der Waals surface area contributed by atoms with E-state index in [1.165, 1.54) is 16.8 Å². The molecule has 3 aromatic rings. The monoisotopic (exact) mass is 337 g/mol. The Balaban J connectivity index is 2.04. The zero-order valence-electron chi connectivity index (χ0n) is 10.1. The summed E-state index contributed by atoms with van der Waals surface area (Å²) in [6.45, 7) is 0.432. The molecule has 7 heteroatoms. The van der Waals surface area contributed by atoms with E-state index in [-0.39, 0.29) is 11.4 Å². The van der Waals surface area contributed by atoms with Gasteiger partial charge in [0, 0.05) is 18.9 Å². The van der Waals surface area contributed by atoms with Gasteiger partial charge in [-0.1, -0.05) is 6.07 Å². The standard InChI is InChI=1S/C13H9BrFN3O2/c14-10-5-8(1-2-11(10)15)7-17-3-4-18-12(17)9(6-16-18)13(19)20/h1-6H,7H2,(H,19,20). The average Bonchev–Trinajstić information content (AvgIpc) is 2.97. The maximum Gasteiger partial charge on any atom is 0.341 e. The summed E-state index contributed by atoms with van der Waals surface area (Å²) in [7, 11) is 0. The molecule has 5 nitrogen and oxygen atoms in total. The fourth-order valence-electron chi connectivity index (χ4n) is 2.08. The van der Waals surface area contributed by atoms with Crippen molar-refractivity contribution in [3.63, 3.8) is 0 Å². The van der Waals surface area contributed by atoms with Crippen LogP contribution in [0.25, 0.3) is 5.65 Å². The number of aromatic carboxylic acids is 1. The third kappa shape index (κ3) is 2.09. The first-order valence-corrected chi connectivity index (χ1v) is 6.55. The number of hydrogen-bond acceptors (Lipinski definition) is 2. The van der Waals surface area contributed by atoms with Crippen molar-refractivity contribution in [3.8, 4) is 0 Å². The van der Waals surface area contributed by atoms with Crippen LogP contribution in [-0.4, -0.2) is 25.3 Å². The van der Waals surface area contributed by atoms with Gasteiger partial charge < -0.3 is 9.67 Å². The molecule has 0 bridgehead atoms. The van der Waals surface area contributed by atoms with E-state index in [1.54, 1.807) is 29.1 Å². The summed E-state index contributed by atoms with van der Waals surface area (Å²) in [5.41, 5.74) is 1.49. The average molecular weight is 338 g/mol. The minimum Gasteiger partial charge on any atom is -0.477 e. The number of aromatic nitrogens is 3. The SMILES string of the molecule is O=C(O)c1cnn2ccn(Cc3ccc(F)c(Br)c3)c12. The summed E-state index contributed by atoms with van der Waals surface area (Å²) < 4.78 is 16.8. The van der Waals surface area contributed by atoms with Crippen LogP contribution < -0.4 is 0 Å². The molecular weight excluding hydrogens is 329 g/mol. The van der Waals surface area contributed by atoms with Crippen molar-refractivity contribution in [2.24, 2.45) is 0 Å². The summed E-state index contributed by atoms with van der Waals surface area (Å²) in [5, 5.41) is 13.1. The van der Waals surface area contributed by atoms with Crippen LogP contribution in [0.3, 0.4) is 0 Å². The summed E-state index contributed by atoms with van der Waals surface area (Å²) in [4.78, 5) is 11.2. The number of imidazole rings is 1. The lowest BCUT2D eigenvalue weighted by Crippen LogP contribution is -2.03. The van der Waals surface area contributed by atoms with Crippen LogP contribution in [0.2, 0.25) is 0 Å². The van der Waals surface area contributed by atoms with E-state index in [9.17, 15) is 9.18 Å². The van der Waals surface area contributed by atoms with Crippen molar-refractivity contribution < 1.29 is 14.3 Å². The van der Waals surface area contributed by atoms with Gasteiger partial charge in [-0.15, -0.1) is 0 Å². The van der Waals surface area contributed by atoms with Crippen LogP contribution in [0.4, 0.5) is 4.39 Å². The van der Waals surface area contributed by atoms with E-state index in [4.69, 9.17) is 5.11 Å². The molecule has 1 N–H and O–H groups in total. The minimum absolute atomic E-state index is 0.135. The predicted molar refractivity (Wildman–Crippen MR) is 73.3 cm³/mol. The Labute approximate surface area is 121 Å². The molecule has 0 aliphatic heterocycles. The Hall–Kier alpha value is -2.15. The molecule has 0 atom stereocenters. The van der Waals surface area contributed by atoms with E-state index in [2.05, 4.69) is 21.0 Å². The van der Waals surface area contributed by atoms with Gasteiger partial charge >= 0.3 is 5.97 Å². The largest absolute Gasteiger partial charge is 0.477 e. The van der Waals surface area contributed by atoms with E-state index in [0.29, 0.717) is 16.7 Å². The number of nitrogens with zero attached hydrogens (tertiary/aromatic N) is 3. The molecule has 20 heavy (non-hydrogen) atoms. The first-order chi connectivity index (χ1) is 9.56. The molecule has 2 heterocycles. The number of fused-ring (bicyclic) bond motifs is 1. The highest BCUT2D eigenvalue weighted by atomic mass is 79.9. The van der Waals surface area contributed by atoms with E-state index >= 15 is 0 Å².